The number of hydrogen-bond donors (Lipinski definition) is 2. The fraction of sp³-hybridized carbons (Fsp3) is 0.280. The molecule has 2 amide bonds. The van der Waals surface area contributed by atoms with Gasteiger partial charge in [0, 0.05) is 17.8 Å². The van der Waals surface area contributed by atoms with E-state index in [4.69, 9.17) is 0 Å². The first kappa shape index (κ1) is 24.3. The third-order valence-corrected chi connectivity index (χ3v) is 5.99. The van der Waals surface area contributed by atoms with Gasteiger partial charge in [-0.15, -0.1) is 16.8 Å². The first-order valence-corrected chi connectivity index (χ1v) is 11.8. The van der Waals surface area contributed by atoms with E-state index in [1.54, 1.807) is 18.2 Å². The minimum atomic E-state index is -0.368. The molecule has 33 heavy (non-hydrogen) atoms. The largest absolute Gasteiger partial charge is 0.342 e. The Morgan fingerprint density at radius 3 is 2.39 bits per heavy atom. The molecule has 172 valence electrons. The van der Waals surface area contributed by atoms with Crippen molar-refractivity contribution in [2.45, 2.75) is 44.4 Å². The molecule has 0 bridgehead atoms. The maximum atomic E-state index is 12.5. The van der Waals surface area contributed by atoms with Crippen LogP contribution >= 0.6 is 11.8 Å². The Labute approximate surface area is 198 Å². The predicted molar refractivity (Wildman–Crippen MR) is 132 cm³/mol. The lowest BCUT2D eigenvalue weighted by molar-refractivity contribution is -0.113. The number of hydrogen-bond acceptors (Lipinski definition) is 5. The molecule has 0 aliphatic carbocycles. The zero-order valence-corrected chi connectivity index (χ0v) is 19.9. The fourth-order valence-corrected chi connectivity index (χ4v) is 4.00. The highest BCUT2D eigenvalue weighted by Gasteiger charge is 2.20. The van der Waals surface area contributed by atoms with Gasteiger partial charge in [0.25, 0.3) is 5.91 Å². The molecule has 0 radical (unpaired) electrons. The topological polar surface area (TPSA) is 88.9 Å². The molecule has 3 aromatic rings. The number of carbonyl (C=O) groups excluding carboxylic acids is 2. The van der Waals surface area contributed by atoms with Crippen molar-refractivity contribution in [1.82, 2.24) is 20.1 Å². The van der Waals surface area contributed by atoms with Crippen LogP contribution in [0.5, 0.6) is 0 Å². The quantitative estimate of drug-likeness (QED) is 0.333. The minimum absolute atomic E-state index is 0.127. The number of allylic oxidation sites excluding steroid dienone is 1. The molecule has 0 fully saturated rings. The van der Waals surface area contributed by atoms with Crippen LogP contribution in [-0.4, -0.2) is 32.3 Å². The van der Waals surface area contributed by atoms with E-state index >= 15 is 0 Å². The Kier molecular flexibility index (Phi) is 8.43. The summed E-state index contributed by atoms with van der Waals surface area (Å²) in [6.07, 6.45) is 1.74. The molecule has 0 unspecified atom stereocenters. The number of carbonyl (C=O) groups is 2. The Hall–Kier alpha value is -3.39. The highest BCUT2D eigenvalue weighted by molar-refractivity contribution is 7.99. The summed E-state index contributed by atoms with van der Waals surface area (Å²) in [5.74, 6) is 0.916. The number of rotatable bonds is 10. The van der Waals surface area contributed by atoms with E-state index < -0.39 is 0 Å². The van der Waals surface area contributed by atoms with Crippen LogP contribution in [0.25, 0.3) is 0 Å². The molecular formula is C25H29N5O2S. The number of benzene rings is 2. The summed E-state index contributed by atoms with van der Waals surface area (Å²) in [7, 11) is 0. The van der Waals surface area contributed by atoms with Crippen LogP contribution in [0, 0.1) is 0 Å². The highest BCUT2D eigenvalue weighted by atomic mass is 32.2. The average Bonchev–Trinajstić information content (AvgIpc) is 3.21. The number of thioether (sulfide) groups is 1. The summed E-state index contributed by atoms with van der Waals surface area (Å²) in [5, 5.41) is 15.0. The van der Waals surface area contributed by atoms with Crippen LogP contribution < -0.4 is 10.6 Å². The lowest BCUT2D eigenvalue weighted by atomic mass is 10.0. The van der Waals surface area contributed by atoms with Crippen LogP contribution in [0.15, 0.2) is 72.4 Å². The molecule has 3 rings (SSSR count). The smallest absolute Gasteiger partial charge is 0.251 e. The molecule has 0 saturated carbocycles. The maximum absolute atomic E-state index is 12.5. The lowest BCUT2D eigenvalue weighted by Gasteiger charge is -2.15. The van der Waals surface area contributed by atoms with E-state index in [0.717, 1.165) is 5.69 Å². The second-order valence-electron chi connectivity index (χ2n) is 7.91. The molecule has 2 N–H and O–H groups in total. The van der Waals surface area contributed by atoms with Gasteiger partial charge in [-0.1, -0.05) is 62.0 Å². The number of nitrogens with zero attached hydrogens (tertiary/aromatic N) is 3. The average molecular weight is 464 g/mol. The monoisotopic (exact) mass is 463 g/mol. The minimum Gasteiger partial charge on any atom is -0.342 e. The van der Waals surface area contributed by atoms with Crippen LogP contribution in [0.3, 0.4) is 0 Å². The van der Waals surface area contributed by atoms with E-state index in [-0.39, 0.29) is 23.6 Å². The number of nitrogens with one attached hydrogen (secondary N) is 2. The Morgan fingerprint density at radius 2 is 1.76 bits per heavy atom. The summed E-state index contributed by atoms with van der Waals surface area (Å²) < 4.78 is 1.86. The van der Waals surface area contributed by atoms with Gasteiger partial charge in [0.2, 0.25) is 5.91 Å². The molecule has 1 atom stereocenters. The molecule has 0 aliphatic heterocycles. The molecule has 7 nitrogen and oxygen atoms in total. The van der Waals surface area contributed by atoms with Gasteiger partial charge < -0.3 is 15.2 Å². The number of amides is 2. The summed E-state index contributed by atoms with van der Waals surface area (Å²) in [6, 6.07) is 16.5. The van der Waals surface area contributed by atoms with Crippen molar-refractivity contribution >= 4 is 29.3 Å². The van der Waals surface area contributed by atoms with Crippen LogP contribution in [-0.2, 0) is 11.3 Å². The molecule has 0 saturated heterocycles. The molecule has 0 spiro atoms. The molecule has 0 aliphatic rings. The van der Waals surface area contributed by atoms with Crippen molar-refractivity contribution < 1.29 is 9.59 Å². The normalized spacial score (nSPS) is 11.8. The summed E-state index contributed by atoms with van der Waals surface area (Å²) in [5.41, 5.74) is 2.56. The van der Waals surface area contributed by atoms with Gasteiger partial charge in [-0.2, -0.15) is 0 Å². The Balaban J connectivity index is 1.63. The SMILES string of the molecule is C=CCn1c(SCC(=O)Nc2ccc(C(C)C)cc2)nnc1[C@H](C)NC(=O)c1ccccc1. The fourth-order valence-electron chi connectivity index (χ4n) is 3.24. The second-order valence-corrected chi connectivity index (χ2v) is 8.86. The molecule has 1 aromatic heterocycles. The number of anilines is 1. The third kappa shape index (κ3) is 6.55. The Bertz CT molecular complexity index is 1090. The van der Waals surface area contributed by atoms with Gasteiger partial charge in [-0.3, -0.25) is 9.59 Å². The molecule has 2 aromatic carbocycles. The third-order valence-electron chi connectivity index (χ3n) is 5.02. The highest BCUT2D eigenvalue weighted by Crippen LogP contribution is 2.22. The predicted octanol–water partition coefficient (Wildman–Crippen LogP) is 4.81. The van der Waals surface area contributed by atoms with Crippen molar-refractivity contribution in [3.63, 3.8) is 0 Å². The van der Waals surface area contributed by atoms with Crippen molar-refractivity contribution in [2.75, 3.05) is 11.1 Å². The van der Waals surface area contributed by atoms with Crippen molar-refractivity contribution in [2.24, 2.45) is 0 Å². The van der Waals surface area contributed by atoms with Crippen LogP contribution in [0.1, 0.15) is 54.5 Å². The van der Waals surface area contributed by atoms with Gasteiger partial charge in [-0.25, -0.2) is 0 Å². The van der Waals surface area contributed by atoms with Crippen molar-refractivity contribution in [3.8, 4) is 0 Å². The zero-order chi connectivity index (χ0) is 23.8. The summed E-state index contributed by atoms with van der Waals surface area (Å²) in [6.45, 7) is 10.4. The van der Waals surface area contributed by atoms with Gasteiger partial charge >= 0.3 is 0 Å². The first-order chi connectivity index (χ1) is 15.9. The van der Waals surface area contributed by atoms with E-state index in [0.29, 0.717) is 29.0 Å². The van der Waals surface area contributed by atoms with E-state index in [2.05, 4.69) is 41.3 Å². The summed E-state index contributed by atoms with van der Waals surface area (Å²) in [4.78, 5) is 25.0. The van der Waals surface area contributed by atoms with Crippen molar-refractivity contribution in [3.05, 3.63) is 84.2 Å². The van der Waals surface area contributed by atoms with Gasteiger partial charge in [0.1, 0.15) is 0 Å². The van der Waals surface area contributed by atoms with Crippen LogP contribution in [0.2, 0.25) is 0 Å². The first-order valence-electron chi connectivity index (χ1n) is 10.8. The van der Waals surface area contributed by atoms with E-state index in [1.807, 2.05) is 54.0 Å². The zero-order valence-electron chi connectivity index (χ0n) is 19.1. The van der Waals surface area contributed by atoms with Gasteiger partial charge in [-0.05, 0) is 42.7 Å². The van der Waals surface area contributed by atoms with Crippen LogP contribution in [0.4, 0.5) is 5.69 Å². The Morgan fingerprint density at radius 1 is 1.06 bits per heavy atom. The molecular weight excluding hydrogens is 434 g/mol. The van der Waals surface area contributed by atoms with E-state index in [1.165, 1.54) is 17.3 Å². The van der Waals surface area contributed by atoms with Gasteiger partial charge in [0.05, 0.1) is 11.8 Å². The summed E-state index contributed by atoms with van der Waals surface area (Å²) >= 11 is 1.29. The van der Waals surface area contributed by atoms with E-state index in [9.17, 15) is 9.59 Å². The maximum Gasteiger partial charge on any atom is 0.251 e. The van der Waals surface area contributed by atoms with Gasteiger partial charge in [0.15, 0.2) is 11.0 Å². The second kappa shape index (κ2) is 11.5. The standard InChI is InChI=1S/C25H29N5O2S/c1-5-15-30-23(18(4)26-24(32)20-9-7-6-8-10-20)28-29-25(30)33-16-22(31)27-21-13-11-19(12-14-21)17(2)3/h5-14,17-18H,1,15-16H2,2-4H3,(H,26,32)(H,27,31)/t18-/m0/s1. The molecule has 1 heterocycles. The van der Waals surface area contributed by atoms with Crippen molar-refractivity contribution in [1.29, 1.82) is 0 Å². The number of aromatic nitrogens is 3. The lowest BCUT2D eigenvalue weighted by Crippen LogP contribution is -2.28. The molecule has 8 heteroatoms.